The van der Waals surface area contributed by atoms with Crippen molar-refractivity contribution >= 4 is 0 Å². The number of hydrogen-bond donors (Lipinski definition) is 1. The van der Waals surface area contributed by atoms with Crippen molar-refractivity contribution in [1.82, 2.24) is 4.90 Å². The molecule has 0 bridgehead atoms. The molecule has 2 fully saturated rings. The van der Waals surface area contributed by atoms with Crippen LogP contribution in [0.4, 0.5) is 0 Å². The monoisotopic (exact) mass is 225 g/mol. The van der Waals surface area contributed by atoms with Crippen LogP contribution in [0.2, 0.25) is 0 Å². The van der Waals surface area contributed by atoms with Gasteiger partial charge in [-0.25, -0.2) is 0 Å². The van der Waals surface area contributed by atoms with E-state index in [9.17, 15) is 5.11 Å². The molecule has 0 aromatic rings. The summed E-state index contributed by atoms with van der Waals surface area (Å²) in [5, 5.41) is 10.0. The molecule has 2 nitrogen and oxygen atoms in total. The lowest BCUT2D eigenvalue weighted by Gasteiger charge is -2.39. The van der Waals surface area contributed by atoms with Crippen LogP contribution in [0, 0.1) is 17.8 Å². The molecule has 0 aromatic heterocycles. The summed E-state index contributed by atoms with van der Waals surface area (Å²) in [6.07, 6.45) is 6.17. The van der Waals surface area contributed by atoms with Gasteiger partial charge in [-0.2, -0.15) is 0 Å². The first-order valence-corrected chi connectivity index (χ1v) is 7.05. The molecule has 1 saturated carbocycles. The van der Waals surface area contributed by atoms with Gasteiger partial charge in [0.15, 0.2) is 0 Å². The fourth-order valence-corrected chi connectivity index (χ4v) is 3.67. The Morgan fingerprint density at radius 3 is 2.31 bits per heavy atom. The molecule has 1 saturated heterocycles. The van der Waals surface area contributed by atoms with Crippen LogP contribution in [-0.4, -0.2) is 35.7 Å². The SMILES string of the molecule is CC1CC(C)CN(CC2CCCCC2O)C1. The molecule has 2 aliphatic rings. The van der Waals surface area contributed by atoms with Crippen LogP contribution >= 0.6 is 0 Å². The molecule has 0 spiro atoms. The zero-order valence-electron chi connectivity index (χ0n) is 10.9. The summed E-state index contributed by atoms with van der Waals surface area (Å²) in [6, 6.07) is 0. The van der Waals surface area contributed by atoms with Gasteiger partial charge in [-0.3, -0.25) is 0 Å². The van der Waals surface area contributed by atoms with Gasteiger partial charge in [-0.1, -0.05) is 26.7 Å². The van der Waals surface area contributed by atoms with Gasteiger partial charge in [0.05, 0.1) is 6.10 Å². The summed E-state index contributed by atoms with van der Waals surface area (Å²) in [7, 11) is 0. The summed E-state index contributed by atoms with van der Waals surface area (Å²) in [6.45, 7) is 8.34. The van der Waals surface area contributed by atoms with Crippen molar-refractivity contribution < 1.29 is 5.11 Å². The Bertz CT molecular complexity index is 209. The van der Waals surface area contributed by atoms with E-state index in [1.54, 1.807) is 0 Å². The van der Waals surface area contributed by atoms with Gasteiger partial charge in [0.2, 0.25) is 0 Å². The lowest BCUT2D eigenvalue weighted by molar-refractivity contribution is 0.0301. The largest absolute Gasteiger partial charge is 0.393 e. The Labute approximate surface area is 100 Å². The fourth-order valence-electron chi connectivity index (χ4n) is 3.67. The first kappa shape index (κ1) is 12.4. The van der Waals surface area contributed by atoms with Gasteiger partial charge in [0.1, 0.15) is 0 Å². The smallest absolute Gasteiger partial charge is 0.0580 e. The molecule has 1 aliphatic heterocycles. The molecular formula is C14H27NO. The van der Waals surface area contributed by atoms with E-state index in [0.29, 0.717) is 5.92 Å². The first-order valence-electron chi connectivity index (χ1n) is 7.05. The standard InChI is InChI=1S/C14H27NO/c1-11-7-12(2)9-15(8-11)10-13-5-3-4-6-14(13)16/h11-14,16H,3-10H2,1-2H3. The van der Waals surface area contributed by atoms with E-state index in [1.807, 2.05) is 0 Å². The Kier molecular flexibility index (Phi) is 4.26. The van der Waals surface area contributed by atoms with Crippen molar-refractivity contribution in [1.29, 1.82) is 0 Å². The third-order valence-electron chi connectivity index (χ3n) is 4.31. The van der Waals surface area contributed by atoms with Gasteiger partial charge in [-0.15, -0.1) is 0 Å². The molecule has 2 heteroatoms. The van der Waals surface area contributed by atoms with E-state index in [2.05, 4.69) is 18.7 Å². The highest BCUT2D eigenvalue weighted by Crippen LogP contribution is 2.28. The van der Waals surface area contributed by atoms with Crippen molar-refractivity contribution in [3.05, 3.63) is 0 Å². The van der Waals surface area contributed by atoms with Crippen molar-refractivity contribution in [3.8, 4) is 0 Å². The maximum absolute atomic E-state index is 10.0. The number of aliphatic hydroxyl groups excluding tert-OH is 1. The highest BCUT2D eigenvalue weighted by molar-refractivity contribution is 4.81. The molecule has 4 unspecified atom stereocenters. The van der Waals surface area contributed by atoms with Crippen LogP contribution in [0.25, 0.3) is 0 Å². The zero-order valence-corrected chi connectivity index (χ0v) is 10.9. The first-order chi connectivity index (χ1) is 7.65. The highest BCUT2D eigenvalue weighted by Gasteiger charge is 2.28. The number of likely N-dealkylation sites (tertiary alicyclic amines) is 1. The molecule has 0 aromatic carbocycles. The number of nitrogens with zero attached hydrogens (tertiary/aromatic N) is 1. The second-order valence-corrected chi connectivity index (χ2v) is 6.28. The summed E-state index contributed by atoms with van der Waals surface area (Å²) in [5.74, 6) is 2.22. The van der Waals surface area contributed by atoms with E-state index in [0.717, 1.165) is 24.8 Å². The van der Waals surface area contributed by atoms with Crippen molar-refractivity contribution in [3.63, 3.8) is 0 Å². The van der Waals surface area contributed by atoms with Gasteiger partial charge in [0, 0.05) is 19.6 Å². The van der Waals surface area contributed by atoms with Crippen LogP contribution in [0.5, 0.6) is 0 Å². The van der Waals surface area contributed by atoms with E-state index in [4.69, 9.17) is 0 Å². The van der Waals surface area contributed by atoms with E-state index < -0.39 is 0 Å². The average Bonchev–Trinajstić information content (AvgIpc) is 2.20. The topological polar surface area (TPSA) is 23.5 Å². The molecule has 0 radical (unpaired) electrons. The second-order valence-electron chi connectivity index (χ2n) is 6.28. The van der Waals surface area contributed by atoms with E-state index in [-0.39, 0.29) is 6.10 Å². The molecule has 4 atom stereocenters. The Morgan fingerprint density at radius 2 is 1.69 bits per heavy atom. The Hall–Kier alpha value is -0.0800. The Morgan fingerprint density at radius 1 is 1.06 bits per heavy atom. The minimum atomic E-state index is -0.0266. The number of piperidine rings is 1. The number of rotatable bonds is 2. The van der Waals surface area contributed by atoms with Crippen molar-refractivity contribution in [2.45, 2.75) is 52.1 Å². The van der Waals surface area contributed by atoms with Gasteiger partial charge in [-0.05, 0) is 37.0 Å². The predicted octanol–water partition coefficient (Wildman–Crippen LogP) is 2.52. The van der Waals surface area contributed by atoms with Gasteiger partial charge >= 0.3 is 0 Å². The molecule has 1 heterocycles. The third-order valence-corrected chi connectivity index (χ3v) is 4.31. The van der Waals surface area contributed by atoms with Crippen molar-refractivity contribution in [2.24, 2.45) is 17.8 Å². The predicted molar refractivity (Wildman–Crippen MR) is 67.3 cm³/mol. The van der Waals surface area contributed by atoms with Crippen LogP contribution in [-0.2, 0) is 0 Å². The maximum atomic E-state index is 10.0. The molecule has 16 heavy (non-hydrogen) atoms. The Balaban J connectivity index is 1.83. The maximum Gasteiger partial charge on any atom is 0.0580 e. The third kappa shape index (κ3) is 3.21. The highest BCUT2D eigenvalue weighted by atomic mass is 16.3. The number of aliphatic hydroxyl groups is 1. The molecule has 1 N–H and O–H groups in total. The van der Waals surface area contributed by atoms with Crippen LogP contribution in [0.15, 0.2) is 0 Å². The van der Waals surface area contributed by atoms with E-state index in [1.165, 1.54) is 38.8 Å². The second kappa shape index (κ2) is 5.50. The lowest BCUT2D eigenvalue weighted by atomic mass is 9.84. The van der Waals surface area contributed by atoms with Crippen LogP contribution in [0.3, 0.4) is 0 Å². The summed E-state index contributed by atoms with van der Waals surface area (Å²) >= 11 is 0. The van der Waals surface area contributed by atoms with Gasteiger partial charge in [0.25, 0.3) is 0 Å². The minimum absolute atomic E-state index is 0.0266. The van der Waals surface area contributed by atoms with Crippen LogP contribution in [0.1, 0.15) is 46.0 Å². The van der Waals surface area contributed by atoms with Gasteiger partial charge < -0.3 is 10.0 Å². The summed E-state index contributed by atoms with van der Waals surface area (Å²) in [5.41, 5.74) is 0. The lowest BCUT2D eigenvalue weighted by Crippen LogP contribution is -2.44. The molecule has 94 valence electrons. The minimum Gasteiger partial charge on any atom is -0.393 e. The van der Waals surface area contributed by atoms with Crippen molar-refractivity contribution in [2.75, 3.05) is 19.6 Å². The number of hydrogen-bond acceptors (Lipinski definition) is 2. The van der Waals surface area contributed by atoms with E-state index >= 15 is 0 Å². The zero-order chi connectivity index (χ0) is 11.5. The summed E-state index contributed by atoms with van der Waals surface area (Å²) < 4.78 is 0. The quantitative estimate of drug-likeness (QED) is 0.780. The molecule has 0 amide bonds. The molecule has 2 rings (SSSR count). The fraction of sp³-hybridized carbons (Fsp3) is 1.00. The normalized spacial score (nSPS) is 42.2. The summed E-state index contributed by atoms with van der Waals surface area (Å²) in [4.78, 5) is 2.60. The molecule has 1 aliphatic carbocycles. The average molecular weight is 225 g/mol. The van der Waals surface area contributed by atoms with Crippen LogP contribution < -0.4 is 0 Å². The molecular weight excluding hydrogens is 198 g/mol.